The summed E-state index contributed by atoms with van der Waals surface area (Å²) in [5.74, 6) is -0.373. The summed E-state index contributed by atoms with van der Waals surface area (Å²) in [6, 6.07) is 5.54. The predicted molar refractivity (Wildman–Crippen MR) is 78.8 cm³/mol. The minimum atomic E-state index is -0.302. The molecule has 0 unspecified atom stereocenters. The van der Waals surface area contributed by atoms with Gasteiger partial charge in [-0.1, -0.05) is 17.3 Å². The van der Waals surface area contributed by atoms with Gasteiger partial charge in [0.15, 0.2) is 5.84 Å². The molecule has 0 atom stereocenters. The van der Waals surface area contributed by atoms with E-state index < -0.39 is 0 Å². The number of amidine groups is 1. The molecule has 0 bridgehead atoms. The van der Waals surface area contributed by atoms with Gasteiger partial charge in [0.2, 0.25) is 0 Å². The quantitative estimate of drug-likeness (QED) is 0.379. The summed E-state index contributed by atoms with van der Waals surface area (Å²) in [5, 5.41) is 11.5. The van der Waals surface area contributed by atoms with Gasteiger partial charge >= 0.3 is 0 Å². The molecule has 2 fully saturated rings. The Morgan fingerprint density at radius 3 is 2.57 bits per heavy atom. The summed E-state index contributed by atoms with van der Waals surface area (Å²) in [5.41, 5.74) is 6.52. The molecule has 1 aliphatic heterocycles. The molecule has 0 spiro atoms. The third kappa shape index (κ3) is 3.33. The molecule has 1 saturated heterocycles. The molecule has 1 aliphatic carbocycles. The fourth-order valence-electron chi connectivity index (χ4n) is 2.86. The molecule has 1 saturated carbocycles. The van der Waals surface area contributed by atoms with Crippen LogP contribution in [-0.2, 0) is 6.54 Å². The topological polar surface area (TPSA) is 65.1 Å². The van der Waals surface area contributed by atoms with Gasteiger partial charge in [0, 0.05) is 49.9 Å². The number of nitrogens with two attached hydrogens (primary N) is 1. The maximum absolute atomic E-state index is 14.1. The summed E-state index contributed by atoms with van der Waals surface area (Å²) >= 11 is 0. The molecule has 6 heteroatoms. The molecule has 0 radical (unpaired) electrons. The average molecular weight is 292 g/mol. The SMILES string of the molecule is NC(=NO)c1ccc(CN2CCN(C3CC3)CC2)c(F)c1. The number of hydrogen-bond donors (Lipinski definition) is 2. The van der Waals surface area contributed by atoms with E-state index in [0.29, 0.717) is 17.7 Å². The molecule has 3 rings (SSSR count). The van der Waals surface area contributed by atoms with Crippen LogP contribution >= 0.6 is 0 Å². The second kappa shape index (κ2) is 5.99. The fourth-order valence-corrected chi connectivity index (χ4v) is 2.86. The van der Waals surface area contributed by atoms with Crippen LogP contribution in [0.1, 0.15) is 24.0 Å². The van der Waals surface area contributed by atoms with Crippen LogP contribution in [0.25, 0.3) is 0 Å². The van der Waals surface area contributed by atoms with Gasteiger partial charge in [0.05, 0.1) is 0 Å². The Bertz CT molecular complexity index is 536. The minimum absolute atomic E-state index is 0.0708. The van der Waals surface area contributed by atoms with E-state index in [0.717, 1.165) is 32.2 Å². The number of rotatable bonds is 4. The van der Waals surface area contributed by atoms with Gasteiger partial charge in [-0.15, -0.1) is 0 Å². The molecule has 1 aromatic carbocycles. The summed E-state index contributed by atoms with van der Waals surface area (Å²) in [6.07, 6.45) is 2.67. The van der Waals surface area contributed by atoms with E-state index in [4.69, 9.17) is 10.9 Å². The average Bonchev–Trinajstić information content (AvgIpc) is 3.34. The Morgan fingerprint density at radius 2 is 2.00 bits per heavy atom. The highest BCUT2D eigenvalue weighted by Crippen LogP contribution is 2.27. The number of oxime groups is 1. The Kier molecular flexibility index (Phi) is 4.07. The van der Waals surface area contributed by atoms with Crippen LogP contribution in [0.3, 0.4) is 0 Å². The van der Waals surface area contributed by atoms with Crippen LogP contribution in [0.4, 0.5) is 4.39 Å². The van der Waals surface area contributed by atoms with Crippen molar-refractivity contribution in [2.24, 2.45) is 10.9 Å². The Morgan fingerprint density at radius 1 is 1.29 bits per heavy atom. The maximum Gasteiger partial charge on any atom is 0.170 e. The lowest BCUT2D eigenvalue weighted by molar-refractivity contribution is 0.120. The van der Waals surface area contributed by atoms with Crippen LogP contribution in [0, 0.1) is 5.82 Å². The van der Waals surface area contributed by atoms with E-state index >= 15 is 0 Å². The Labute approximate surface area is 123 Å². The summed E-state index contributed by atoms with van der Waals surface area (Å²) in [4.78, 5) is 4.81. The summed E-state index contributed by atoms with van der Waals surface area (Å²) < 4.78 is 14.1. The zero-order valence-corrected chi connectivity index (χ0v) is 12.0. The van der Waals surface area contributed by atoms with Crippen molar-refractivity contribution in [3.05, 3.63) is 35.1 Å². The molecule has 21 heavy (non-hydrogen) atoms. The van der Waals surface area contributed by atoms with Crippen molar-refractivity contribution in [2.75, 3.05) is 26.2 Å². The highest BCUT2D eigenvalue weighted by Gasteiger charge is 2.31. The highest BCUT2D eigenvalue weighted by molar-refractivity contribution is 5.97. The van der Waals surface area contributed by atoms with Gasteiger partial charge in [0.25, 0.3) is 0 Å². The van der Waals surface area contributed by atoms with Crippen LogP contribution in [0.2, 0.25) is 0 Å². The summed E-state index contributed by atoms with van der Waals surface area (Å²) in [7, 11) is 0. The molecule has 114 valence electrons. The van der Waals surface area contributed by atoms with Gasteiger partial charge < -0.3 is 10.9 Å². The molecule has 2 aliphatic rings. The molecular formula is C15H21FN4O. The summed E-state index contributed by atoms with van der Waals surface area (Å²) in [6.45, 7) is 4.74. The van der Waals surface area contributed by atoms with E-state index in [1.165, 1.54) is 18.9 Å². The van der Waals surface area contributed by atoms with E-state index in [-0.39, 0.29) is 11.7 Å². The molecule has 0 amide bonds. The van der Waals surface area contributed by atoms with Gasteiger partial charge in [-0.2, -0.15) is 0 Å². The molecule has 3 N–H and O–H groups in total. The number of benzene rings is 1. The third-order valence-electron chi connectivity index (χ3n) is 4.32. The number of hydrogen-bond acceptors (Lipinski definition) is 4. The minimum Gasteiger partial charge on any atom is -0.409 e. The fraction of sp³-hybridized carbons (Fsp3) is 0.533. The molecular weight excluding hydrogens is 271 g/mol. The number of nitrogens with zero attached hydrogens (tertiary/aromatic N) is 3. The molecule has 1 heterocycles. The standard InChI is InChI=1S/C15H21FN4O/c16-14-9-11(15(17)18-21)1-2-12(14)10-19-5-7-20(8-6-19)13-3-4-13/h1-2,9,13,21H,3-8,10H2,(H2,17,18). The smallest absolute Gasteiger partial charge is 0.170 e. The normalized spacial score (nSPS) is 21.7. The lowest BCUT2D eigenvalue weighted by Gasteiger charge is -2.34. The zero-order valence-electron chi connectivity index (χ0n) is 12.0. The van der Waals surface area contributed by atoms with E-state index in [1.807, 2.05) is 0 Å². The van der Waals surface area contributed by atoms with Crippen molar-refractivity contribution in [3.63, 3.8) is 0 Å². The second-order valence-electron chi connectivity index (χ2n) is 5.83. The zero-order chi connectivity index (χ0) is 14.8. The third-order valence-corrected chi connectivity index (χ3v) is 4.32. The lowest BCUT2D eigenvalue weighted by Crippen LogP contribution is -2.46. The van der Waals surface area contributed by atoms with Crippen molar-refractivity contribution >= 4 is 5.84 Å². The Balaban J connectivity index is 1.60. The number of piperazine rings is 1. The predicted octanol–water partition coefficient (Wildman–Crippen LogP) is 1.20. The van der Waals surface area contributed by atoms with Gasteiger partial charge in [-0.25, -0.2) is 4.39 Å². The van der Waals surface area contributed by atoms with E-state index in [9.17, 15) is 4.39 Å². The van der Waals surface area contributed by atoms with Crippen molar-refractivity contribution in [2.45, 2.75) is 25.4 Å². The van der Waals surface area contributed by atoms with Crippen molar-refractivity contribution in [1.29, 1.82) is 0 Å². The van der Waals surface area contributed by atoms with E-state index in [2.05, 4.69) is 15.0 Å². The van der Waals surface area contributed by atoms with E-state index in [1.54, 1.807) is 12.1 Å². The first-order chi connectivity index (χ1) is 10.2. The lowest BCUT2D eigenvalue weighted by atomic mass is 10.1. The molecule has 1 aromatic rings. The van der Waals surface area contributed by atoms with Crippen LogP contribution < -0.4 is 5.73 Å². The van der Waals surface area contributed by atoms with Gasteiger partial charge in [-0.05, 0) is 18.9 Å². The largest absolute Gasteiger partial charge is 0.409 e. The van der Waals surface area contributed by atoms with Crippen LogP contribution in [0.5, 0.6) is 0 Å². The van der Waals surface area contributed by atoms with Crippen molar-refractivity contribution in [1.82, 2.24) is 9.80 Å². The number of halogens is 1. The monoisotopic (exact) mass is 292 g/mol. The first-order valence-electron chi connectivity index (χ1n) is 7.40. The molecule has 0 aromatic heterocycles. The maximum atomic E-state index is 14.1. The highest BCUT2D eigenvalue weighted by atomic mass is 19.1. The van der Waals surface area contributed by atoms with Crippen LogP contribution in [-0.4, -0.2) is 53.1 Å². The first kappa shape index (κ1) is 14.3. The van der Waals surface area contributed by atoms with Gasteiger partial charge in [0.1, 0.15) is 5.82 Å². The van der Waals surface area contributed by atoms with Crippen LogP contribution in [0.15, 0.2) is 23.4 Å². The van der Waals surface area contributed by atoms with Gasteiger partial charge in [-0.3, -0.25) is 9.80 Å². The Hall–Kier alpha value is -1.66. The van der Waals surface area contributed by atoms with Crippen molar-refractivity contribution in [3.8, 4) is 0 Å². The molecule has 5 nitrogen and oxygen atoms in total. The second-order valence-corrected chi connectivity index (χ2v) is 5.83. The van der Waals surface area contributed by atoms with Crippen molar-refractivity contribution < 1.29 is 9.60 Å². The first-order valence-corrected chi connectivity index (χ1v) is 7.40.